The molecule has 2 aromatic heterocycles. The fourth-order valence-corrected chi connectivity index (χ4v) is 3.63. The molecule has 0 radical (unpaired) electrons. The number of amides is 1. The number of carbonyl (C=O) groups excluding carboxylic acids is 1. The van der Waals surface area contributed by atoms with Crippen LogP contribution in [0.25, 0.3) is 10.7 Å². The van der Waals surface area contributed by atoms with Crippen molar-refractivity contribution in [3.8, 4) is 16.5 Å². The maximum atomic E-state index is 13.1. The van der Waals surface area contributed by atoms with Crippen LogP contribution in [0.5, 0.6) is 5.75 Å². The minimum Gasteiger partial charge on any atom is -0.487 e. The number of aromatic nitrogens is 2. The van der Waals surface area contributed by atoms with E-state index >= 15 is 0 Å². The maximum Gasteiger partial charge on any atom is 0.278 e. The molecule has 0 saturated carbocycles. The van der Waals surface area contributed by atoms with E-state index in [1.54, 1.807) is 16.5 Å². The summed E-state index contributed by atoms with van der Waals surface area (Å²) in [6.07, 6.45) is 1.66. The lowest BCUT2D eigenvalue weighted by molar-refractivity contribution is 0.0957. The van der Waals surface area contributed by atoms with Crippen molar-refractivity contribution in [2.45, 2.75) is 20.0 Å². The summed E-state index contributed by atoms with van der Waals surface area (Å²) in [5, 5.41) is 2.54. The summed E-state index contributed by atoms with van der Waals surface area (Å²) in [7, 11) is 0. The molecule has 1 amide bonds. The first-order valence-electron chi connectivity index (χ1n) is 8.08. The zero-order chi connectivity index (χ0) is 17.4. The zero-order valence-electron chi connectivity index (χ0n) is 14.0. The average molecular weight is 351 g/mol. The van der Waals surface area contributed by atoms with Crippen LogP contribution in [0.1, 0.15) is 23.0 Å². The second kappa shape index (κ2) is 6.29. The number of aryl methyl sites for hydroxylation is 1. The zero-order valence-corrected chi connectivity index (χ0v) is 14.8. The fourth-order valence-electron chi connectivity index (χ4n) is 2.86. The van der Waals surface area contributed by atoms with Crippen molar-refractivity contribution in [2.24, 2.45) is 0 Å². The molecule has 1 aromatic carbocycles. The van der Waals surface area contributed by atoms with Crippen molar-refractivity contribution in [2.75, 3.05) is 11.4 Å². The third-order valence-corrected chi connectivity index (χ3v) is 4.89. The molecule has 0 fully saturated rings. The van der Waals surface area contributed by atoms with Crippen LogP contribution in [0.4, 0.5) is 5.69 Å². The first-order chi connectivity index (χ1) is 12.1. The Balaban J connectivity index is 1.68. The van der Waals surface area contributed by atoms with Gasteiger partial charge in [-0.15, -0.1) is 11.3 Å². The van der Waals surface area contributed by atoms with E-state index in [9.17, 15) is 4.79 Å². The highest BCUT2D eigenvalue weighted by molar-refractivity contribution is 7.13. The molecule has 0 saturated heterocycles. The van der Waals surface area contributed by atoms with Gasteiger partial charge in [0.1, 0.15) is 22.6 Å². The molecule has 3 aromatic rings. The van der Waals surface area contributed by atoms with Crippen LogP contribution in [-0.4, -0.2) is 28.5 Å². The summed E-state index contributed by atoms with van der Waals surface area (Å²) in [5.74, 6) is 0.623. The molecule has 0 unspecified atom stereocenters. The van der Waals surface area contributed by atoms with E-state index in [0.29, 0.717) is 12.2 Å². The van der Waals surface area contributed by atoms with Crippen molar-refractivity contribution in [3.63, 3.8) is 0 Å². The normalized spacial score (nSPS) is 16.2. The number of thiazole rings is 1. The van der Waals surface area contributed by atoms with Gasteiger partial charge in [-0.25, -0.2) is 4.98 Å². The SMILES string of the molecule is Cc1ccc2c(c1)N(C(=O)c1csc(-c3ccccn3)n1)C[C@@H](C)O2. The van der Waals surface area contributed by atoms with Gasteiger partial charge in [0.25, 0.3) is 5.91 Å². The molecule has 1 aliphatic rings. The minimum atomic E-state index is -0.111. The van der Waals surface area contributed by atoms with Crippen LogP contribution in [-0.2, 0) is 0 Å². The van der Waals surface area contributed by atoms with Gasteiger partial charge in [-0.05, 0) is 43.7 Å². The lowest BCUT2D eigenvalue weighted by atomic mass is 10.1. The number of anilines is 1. The van der Waals surface area contributed by atoms with Gasteiger partial charge in [0.05, 0.1) is 17.9 Å². The number of ether oxygens (including phenoxy) is 1. The molecule has 126 valence electrons. The van der Waals surface area contributed by atoms with Gasteiger partial charge in [0.2, 0.25) is 0 Å². The van der Waals surface area contributed by atoms with Crippen LogP contribution in [0.3, 0.4) is 0 Å². The molecule has 1 aliphatic heterocycles. The van der Waals surface area contributed by atoms with E-state index in [-0.39, 0.29) is 12.0 Å². The van der Waals surface area contributed by atoms with Crippen LogP contribution in [0, 0.1) is 6.92 Å². The molecule has 5 nitrogen and oxygen atoms in total. The Morgan fingerprint density at radius 3 is 3.00 bits per heavy atom. The summed E-state index contributed by atoms with van der Waals surface area (Å²) in [6, 6.07) is 11.5. The molecule has 0 N–H and O–H groups in total. The number of hydrogen-bond donors (Lipinski definition) is 0. The number of nitrogens with zero attached hydrogens (tertiary/aromatic N) is 3. The molecule has 6 heteroatoms. The Bertz CT molecular complexity index is 923. The molecule has 0 bridgehead atoms. The van der Waals surface area contributed by atoms with Gasteiger partial charge < -0.3 is 4.74 Å². The highest BCUT2D eigenvalue weighted by Gasteiger charge is 2.29. The third kappa shape index (κ3) is 3.00. The molecule has 3 heterocycles. The summed E-state index contributed by atoms with van der Waals surface area (Å²) >= 11 is 1.43. The van der Waals surface area contributed by atoms with Crippen LogP contribution in [0.15, 0.2) is 48.0 Å². The number of benzene rings is 1. The maximum absolute atomic E-state index is 13.1. The van der Waals surface area contributed by atoms with E-state index in [2.05, 4.69) is 9.97 Å². The first-order valence-corrected chi connectivity index (χ1v) is 8.96. The van der Waals surface area contributed by atoms with Crippen molar-refractivity contribution in [3.05, 3.63) is 59.2 Å². The van der Waals surface area contributed by atoms with Crippen LogP contribution in [0.2, 0.25) is 0 Å². The average Bonchev–Trinajstić information content (AvgIpc) is 3.12. The number of fused-ring (bicyclic) bond motifs is 1. The van der Waals surface area contributed by atoms with Gasteiger partial charge in [0, 0.05) is 11.6 Å². The minimum absolute atomic E-state index is 0.0620. The van der Waals surface area contributed by atoms with Crippen molar-refractivity contribution in [1.29, 1.82) is 0 Å². The van der Waals surface area contributed by atoms with Gasteiger partial charge in [-0.3, -0.25) is 14.7 Å². The van der Waals surface area contributed by atoms with E-state index in [1.165, 1.54) is 11.3 Å². The Morgan fingerprint density at radius 2 is 2.20 bits per heavy atom. The molecule has 1 atom stereocenters. The molecule has 0 spiro atoms. The second-order valence-electron chi connectivity index (χ2n) is 6.07. The van der Waals surface area contributed by atoms with E-state index in [0.717, 1.165) is 27.7 Å². The lowest BCUT2D eigenvalue weighted by Crippen LogP contribution is -2.42. The lowest BCUT2D eigenvalue weighted by Gasteiger charge is -2.33. The molecular weight excluding hydrogens is 334 g/mol. The Kier molecular flexibility index (Phi) is 3.97. The molecule has 25 heavy (non-hydrogen) atoms. The standard InChI is InChI=1S/C19H17N3O2S/c1-12-6-7-17-16(9-12)22(10-13(2)24-17)19(23)15-11-25-18(21-15)14-5-3-4-8-20-14/h3-9,11,13H,10H2,1-2H3/t13-/m1/s1. The number of hydrogen-bond acceptors (Lipinski definition) is 5. The Hall–Kier alpha value is -2.73. The van der Waals surface area contributed by atoms with E-state index in [4.69, 9.17) is 4.74 Å². The van der Waals surface area contributed by atoms with Gasteiger partial charge in [-0.2, -0.15) is 0 Å². The monoisotopic (exact) mass is 351 g/mol. The molecular formula is C19H17N3O2S. The highest BCUT2D eigenvalue weighted by Crippen LogP contribution is 2.35. The van der Waals surface area contributed by atoms with Crippen LogP contribution >= 0.6 is 11.3 Å². The Morgan fingerprint density at radius 1 is 1.32 bits per heavy atom. The fraction of sp³-hybridized carbons (Fsp3) is 0.211. The Labute approximate surface area is 149 Å². The summed E-state index contributed by atoms with van der Waals surface area (Å²) in [6.45, 7) is 4.47. The topological polar surface area (TPSA) is 55.3 Å². The smallest absolute Gasteiger partial charge is 0.278 e. The number of rotatable bonds is 2. The van der Waals surface area contributed by atoms with Crippen molar-refractivity contribution < 1.29 is 9.53 Å². The number of carbonyl (C=O) groups is 1. The second-order valence-corrected chi connectivity index (χ2v) is 6.93. The highest BCUT2D eigenvalue weighted by atomic mass is 32.1. The van der Waals surface area contributed by atoms with Gasteiger partial charge in [-0.1, -0.05) is 12.1 Å². The summed E-state index contributed by atoms with van der Waals surface area (Å²) < 4.78 is 5.86. The van der Waals surface area contributed by atoms with Crippen molar-refractivity contribution in [1.82, 2.24) is 9.97 Å². The largest absolute Gasteiger partial charge is 0.487 e. The molecule has 0 aliphatic carbocycles. The van der Waals surface area contributed by atoms with E-state index in [1.807, 2.05) is 50.2 Å². The number of pyridine rings is 1. The predicted molar refractivity (Wildman–Crippen MR) is 98.3 cm³/mol. The van der Waals surface area contributed by atoms with Gasteiger partial charge >= 0.3 is 0 Å². The first kappa shape index (κ1) is 15.8. The van der Waals surface area contributed by atoms with E-state index < -0.39 is 0 Å². The third-order valence-electron chi connectivity index (χ3n) is 4.03. The van der Waals surface area contributed by atoms with Crippen molar-refractivity contribution >= 4 is 22.9 Å². The van der Waals surface area contributed by atoms with Crippen LogP contribution < -0.4 is 9.64 Å². The molecule has 4 rings (SSSR count). The summed E-state index contributed by atoms with van der Waals surface area (Å²) in [4.78, 5) is 23.6. The van der Waals surface area contributed by atoms with Gasteiger partial charge in [0.15, 0.2) is 0 Å². The predicted octanol–water partition coefficient (Wildman–Crippen LogP) is 3.94. The summed E-state index contributed by atoms with van der Waals surface area (Å²) in [5.41, 5.74) is 3.10. The quantitative estimate of drug-likeness (QED) is 0.702.